The average molecular weight is 242 g/mol. The number of rotatable bonds is 7. The molecule has 0 amide bonds. The monoisotopic (exact) mass is 242 g/mol. The van der Waals surface area contributed by atoms with Crippen LogP contribution in [-0.2, 0) is 14.3 Å². The van der Waals surface area contributed by atoms with E-state index >= 15 is 0 Å². The Kier molecular flexibility index (Phi) is 6.75. The van der Waals surface area contributed by atoms with Crippen molar-refractivity contribution in [2.75, 3.05) is 19.8 Å². The highest BCUT2D eigenvalue weighted by molar-refractivity contribution is 5.81. The van der Waals surface area contributed by atoms with Crippen LogP contribution in [0.25, 0.3) is 0 Å². The van der Waals surface area contributed by atoms with Crippen molar-refractivity contribution < 1.29 is 32.5 Å². The van der Waals surface area contributed by atoms with Crippen molar-refractivity contribution in [1.29, 1.82) is 0 Å². The minimum atomic E-state index is -4.28. The lowest BCUT2D eigenvalue weighted by molar-refractivity contribution is -0.149. The third-order valence-electron chi connectivity index (χ3n) is 1.42. The Bertz CT molecular complexity index is 227. The van der Waals surface area contributed by atoms with Gasteiger partial charge in [-0.1, -0.05) is 6.58 Å². The van der Waals surface area contributed by atoms with Crippen molar-refractivity contribution >= 4 is 5.97 Å². The van der Waals surface area contributed by atoms with E-state index in [1.807, 2.05) is 0 Å². The molecule has 0 rings (SSSR count). The number of hydrogen-bond acceptors (Lipinski definition) is 4. The molecule has 0 spiro atoms. The van der Waals surface area contributed by atoms with Crippen LogP contribution in [0.5, 0.6) is 0 Å². The smallest absolute Gasteiger partial charge is 0.391 e. The number of aliphatic hydroxyl groups is 1. The third kappa shape index (κ3) is 9.47. The molecule has 1 atom stereocenters. The molecule has 0 saturated heterocycles. The third-order valence-corrected chi connectivity index (χ3v) is 1.42. The Balaban J connectivity index is 3.47. The SMILES string of the molecule is C=CC(=O)OCC(O)COCCC(F)(F)F. The van der Waals surface area contributed by atoms with Gasteiger partial charge in [-0.15, -0.1) is 0 Å². The fourth-order valence-corrected chi connectivity index (χ4v) is 0.693. The number of esters is 1. The van der Waals surface area contributed by atoms with Crippen molar-refractivity contribution in [1.82, 2.24) is 0 Å². The van der Waals surface area contributed by atoms with E-state index < -0.39 is 31.3 Å². The summed E-state index contributed by atoms with van der Waals surface area (Å²) in [7, 11) is 0. The van der Waals surface area contributed by atoms with Gasteiger partial charge in [-0.3, -0.25) is 0 Å². The minimum absolute atomic E-state index is 0.319. The van der Waals surface area contributed by atoms with Crippen LogP contribution in [0.15, 0.2) is 12.7 Å². The second-order valence-corrected chi connectivity index (χ2v) is 2.93. The van der Waals surface area contributed by atoms with Crippen LogP contribution in [0.4, 0.5) is 13.2 Å². The molecule has 16 heavy (non-hydrogen) atoms. The zero-order valence-electron chi connectivity index (χ0n) is 8.50. The Labute approximate surface area is 90.6 Å². The highest BCUT2D eigenvalue weighted by atomic mass is 19.4. The van der Waals surface area contributed by atoms with E-state index in [-0.39, 0.29) is 13.2 Å². The summed E-state index contributed by atoms with van der Waals surface area (Å²) in [5, 5.41) is 9.11. The maximum atomic E-state index is 11.7. The summed E-state index contributed by atoms with van der Waals surface area (Å²) in [5.41, 5.74) is 0. The fraction of sp³-hybridized carbons (Fsp3) is 0.667. The molecule has 0 aliphatic rings. The van der Waals surface area contributed by atoms with Crippen molar-refractivity contribution in [3.8, 4) is 0 Å². The van der Waals surface area contributed by atoms with Crippen LogP contribution in [0, 0.1) is 0 Å². The number of carbonyl (C=O) groups excluding carboxylic acids is 1. The van der Waals surface area contributed by atoms with Crippen molar-refractivity contribution in [3.05, 3.63) is 12.7 Å². The molecule has 1 N–H and O–H groups in total. The second-order valence-electron chi connectivity index (χ2n) is 2.93. The first kappa shape index (κ1) is 14.9. The number of carbonyl (C=O) groups is 1. The van der Waals surface area contributed by atoms with Crippen LogP contribution in [-0.4, -0.2) is 43.2 Å². The van der Waals surface area contributed by atoms with Gasteiger partial charge in [0.1, 0.15) is 12.7 Å². The van der Waals surface area contributed by atoms with Gasteiger partial charge in [-0.05, 0) is 0 Å². The summed E-state index contributed by atoms with van der Waals surface area (Å²) < 4.78 is 44.0. The molecule has 0 aliphatic heterocycles. The van der Waals surface area contributed by atoms with E-state index in [9.17, 15) is 18.0 Å². The number of hydrogen-bond donors (Lipinski definition) is 1. The summed E-state index contributed by atoms with van der Waals surface area (Å²) in [6.07, 6.45) is -5.58. The molecule has 0 aliphatic carbocycles. The number of ether oxygens (including phenoxy) is 2. The summed E-state index contributed by atoms with van der Waals surface area (Å²) in [6, 6.07) is 0. The molecular weight excluding hydrogens is 229 g/mol. The van der Waals surface area contributed by atoms with E-state index in [0.29, 0.717) is 0 Å². The van der Waals surface area contributed by atoms with Gasteiger partial charge >= 0.3 is 12.1 Å². The van der Waals surface area contributed by atoms with Crippen molar-refractivity contribution in [2.24, 2.45) is 0 Å². The van der Waals surface area contributed by atoms with Crippen molar-refractivity contribution in [2.45, 2.75) is 18.7 Å². The Morgan fingerprint density at radius 2 is 2.06 bits per heavy atom. The van der Waals surface area contributed by atoms with Crippen LogP contribution < -0.4 is 0 Å². The second kappa shape index (κ2) is 7.24. The van der Waals surface area contributed by atoms with Crippen LogP contribution in [0.2, 0.25) is 0 Å². The van der Waals surface area contributed by atoms with Gasteiger partial charge < -0.3 is 14.6 Å². The van der Waals surface area contributed by atoms with E-state index in [1.165, 1.54) is 0 Å². The lowest BCUT2D eigenvalue weighted by atomic mass is 10.4. The molecule has 0 heterocycles. The Morgan fingerprint density at radius 1 is 1.44 bits per heavy atom. The molecule has 0 aromatic carbocycles. The first-order valence-electron chi connectivity index (χ1n) is 4.47. The molecule has 0 saturated carbocycles. The highest BCUT2D eigenvalue weighted by Gasteiger charge is 2.26. The molecule has 0 aromatic heterocycles. The molecule has 4 nitrogen and oxygen atoms in total. The fourth-order valence-electron chi connectivity index (χ4n) is 0.693. The van der Waals surface area contributed by atoms with E-state index in [4.69, 9.17) is 5.11 Å². The topological polar surface area (TPSA) is 55.8 Å². The largest absolute Gasteiger partial charge is 0.460 e. The van der Waals surface area contributed by atoms with E-state index in [0.717, 1.165) is 6.08 Å². The predicted molar refractivity (Wildman–Crippen MR) is 48.7 cm³/mol. The standard InChI is InChI=1S/C9H13F3O4/c1-2-8(14)16-6-7(13)5-15-4-3-9(10,11)12/h2,7,13H,1,3-6H2. The normalized spacial score (nSPS) is 13.2. The van der Waals surface area contributed by atoms with Crippen LogP contribution >= 0.6 is 0 Å². The zero-order chi connectivity index (χ0) is 12.6. The van der Waals surface area contributed by atoms with Gasteiger partial charge in [-0.25, -0.2) is 4.79 Å². The minimum Gasteiger partial charge on any atom is -0.460 e. The van der Waals surface area contributed by atoms with Gasteiger partial charge in [-0.2, -0.15) is 13.2 Å². The summed E-state index contributed by atoms with van der Waals surface area (Å²) in [5.74, 6) is -0.714. The summed E-state index contributed by atoms with van der Waals surface area (Å²) >= 11 is 0. The first-order valence-corrected chi connectivity index (χ1v) is 4.47. The van der Waals surface area contributed by atoms with Crippen molar-refractivity contribution in [3.63, 3.8) is 0 Å². The maximum Gasteiger partial charge on any atom is 0.391 e. The predicted octanol–water partition coefficient (Wildman–Crippen LogP) is 1.05. The molecule has 0 bridgehead atoms. The molecular formula is C9H13F3O4. The van der Waals surface area contributed by atoms with Crippen LogP contribution in [0.3, 0.4) is 0 Å². The number of alkyl halides is 3. The lowest BCUT2D eigenvalue weighted by Crippen LogP contribution is -2.24. The van der Waals surface area contributed by atoms with Gasteiger partial charge in [0.05, 0.1) is 19.6 Å². The highest BCUT2D eigenvalue weighted by Crippen LogP contribution is 2.18. The summed E-state index contributed by atoms with van der Waals surface area (Å²) in [4.78, 5) is 10.5. The molecule has 94 valence electrons. The maximum absolute atomic E-state index is 11.7. The van der Waals surface area contributed by atoms with Gasteiger partial charge in [0, 0.05) is 6.08 Å². The van der Waals surface area contributed by atoms with Gasteiger partial charge in [0.25, 0.3) is 0 Å². The van der Waals surface area contributed by atoms with E-state index in [1.54, 1.807) is 0 Å². The quantitative estimate of drug-likeness (QED) is 0.412. The molecule has 1 unspecified atom stereocenters. The number of halogens is 3. The molecule has 7 heteroatoms. The molecule has 0 aromatic rings. The Morgan fingerprint density at radius 3 is 2.56 bits per heavy atom. The zero-order valence-corrected chi connectivity index (χ0v) is 8.50. The average Bonchev–Trinajstić information content (AvgIpc) is 2.19. The number of aliphatic hydroxyl groups excluding tert-OH is 1. The van der Waals surface area contributed by atoms with Crippen LogP contribution in [0.1, 0.15) is 6.42 Å². The molecule has 0 radical (unpaired) electrons. The lowest BCUT2D eigenvalue weighted by Gasteiger charge is -2.11. The molecule has 0 fully saturated rings. The van der Waals surface area contributed by atoms with E-state index in [2.05, 4.69) is 16.1 Å². The van der Waals surface area contributed by atoms with Gasteiger partial charge in [0.15, 0.2) is 0 Å². The summed E-state index contributed by atoms with van der Waals surface area (Å²) in [6.45, 7) is 1.94. The Hall–Kier alpha value is -1.08. The first-order chi connectivity index (χ1) is 7.35. The van der Waals surface area contributed by atoms with Gasteiger partial charge in [0.2, 0.25) is 0 Å².